The third kappa shape index (κ3) is 4.98. The van der Waals surface area contributed by atoms with Gasteiger partial charge in [0.25, 0.3) is 0 Å². The molecular formula is C15H25N3O2S. The molecule has 0 radical (unpaired) electrons. The first-order chi connectivity index (χ1) is 10.1. The molecule has 0 spiro atoms. The summed E-state index contributed by atoms with van der Waals surface area (Å²) in [4.78, 5) is 0.323. The number of anilines is 1. The van der Waals surface area contributed by atoms with Gasteiger partial charge in [-0.2, -0.15) is 0 Å². The third-order valence-electron chi connectivity index (χ3n) is 3.65. The van der Waals surface area contributed by atoms with E-state index in [2.05, 4.69) is 15.4 Å². The molecule has 1 aliphatic heterocycles. The van der Waals surface area contributed by atoms with Crippen molar-refractivity contribution in [1.82, 2.24) is 10.0 Å². The molecule has 1 unspecified atom stereocenters. The molecule has 3 N–H and O–H groups in total. The lowest BCUT2D eigenvalue weighted by atomic mass is 10.1. The van der Waals surface area contributed by atoms with Gasteiger partial charge in [0.2, 0.25) is 10.0 Å². The molecule has 1 aromatic carbocycles. The standard InChI is InChI=1S/C15H25N3O2S/c1-2-10-17-21(19,20)15-7-5-14(6-8-15)18-13-4-3-11-16-12-9-13/h5-8,13,16-18H,2-4,9-12H2,1H3. The maximum Gasteiger partial charge on any atom is 0.240 e. The molecule has 0 aromatic heterocycles. The highest BCUT2D eigenvalue weighted by Crippen LogP contribution is 2.17. The minimum Gasteiger partial charge on any atom is -0.382 e. The zero-order valence-corrected chi connectivity index (χ0v) is 13.4. The van der Waals surface area contributed by atoms with E-state index in [4.69, 9.17) is 0 Å². The van der Waals surface area contributed by atoms with E-state index in [9.17, 15) is 8.42 Å². The van der Waals surface area contributed by atoms with Gasteiger partial charge in [-0.1, -0.05) is 6.92 Å². The van der Waals surface area contributed by atoms with Crippen molar-refractivity contribution >= 4 is 15.7 Å². The Balaban J connectivity index is 1.98. The topological polar surface area (TPSA) is 70.2 Å². The fourth-order valence-corrected chi connectivity index (χ4v) is 3.58. The van der Waals surface area contributed by atoms with Gasteiger partial charge in [0.1, 0.15) is 0 Å². The molecule has 1 fully saturated rings. The lowest BCUT2D eigenvalue weighted by molar-refractivity contribution is 0.581. The average molecular weight is 311 g/mol. The Morgan fingerprint density at radius 2 is 1.95 bits per heavy atom. The van der Waals surface area contributed by atoms with Crippen LogP contribution in [0.4, 0.5) is 5.69 Å². The van der Waals surface area contributed by atoms with Crippen LogP contribution in [0.25, 0.3) is 0 Å². The average Bonchev–Trinajstić information content (AvgIpc) is 2.74. The van der Waals surface area contributed by atoms with Gasteiger partial charge in [-0.15, -0.1) is 0 Å². The van der Waals surface area contributed by atoms with Gasteiger partial charge in [0.05, 0.1) is 4.90 Å². The van der Waals surface area contributed by atoms with Crippen LogP contribution in [0.5, 0.6) is 0 Å². The van der Waals surface area contributed by atoms with Crippen molar-refractivity contribution < 1.29 is 8.42 Å². The van der Waals surface area contributed by atoms with E-state index >= 15 is 0 Å². The van der Waals surface area contributed by atoms with Gasteiger partial charge in [-0.3, -0.25) is 0 Å². The Morgan fingerprint density at radius 3 is 2.67 bits per heavy atom. The molecule has 1 aromatic rings. The van der Waals surface area contributed by atoms with Crippen molar-refractivity contribution in [1.29, 1.82) is 0 Å². The summed E-state index contributed by atoms with van der Waals surface area (Å²) in [6.45, 7) is 4.53. The van der Waals surface area contributed by atoms with E-state index in [1.54, 1.807) is 12.1 Å². The maximum atomic E-state index is 12.0. The first-order valence-electron chi connectivity index (χ1n) is 7.69. The van der Waals surface area contributed by atoms with Crippen molar-refractivity contribution in [2.75, 3.05) is 25.0 Å². The van der Waals surface area contributed by atoms with Crippen LogP contribution in [-0.2, 0) is 10.0 Å². The minimum absolute atomic E-state index is 0.323. The van der Waals surface area contributed by atoms with Gasteiger partial charge >= 0.3 is 0 Å². The number of rotatable bonds is 6. The van der Waals surface area contributed by atoms with E-state index in [1.807, 2.05) is 19.1 Å². The van der Waals surface area contributed by atoms with Gasteiger partial charge < -0.3 is 10.6 Å². The van der Waals surface area contributed by atoms with E-state index in [0.29, 0.717) is 17.5 Å². The van der Waals surface area contributed by atoms with Crippen molar-refractivity contribution in [2.24, 2.45) is 0 Å². The number of hydrogen-bond acceptors (Lipinski definition) is 4. The van der Waals surface area contributed by atoms with Crippen molar-refractivity contribution in [2.45, 2.75) is 43.5 Å². The second kappa shape index (κ2) is 7.77. The fraction of sp³-hybridized carbons (Fsp3) is 0.600. The summed E-state index contributed by atoms with van der Waals surface area (Å²) in [7, 11) is -3.37. The molecule has 5 nitrogen and oxygen atoms in total. The van der Waals surface area contributed by atoms with Crippen molar-refractivity contribution in [3.8, 4) is 0 Å². The summed E-state index contributed by atoms with van der Waals surface area (Å²) in [5.41, 5.74) is 0.983. The summed E-state index contributed by atoms with van der Waals surface area (Å²) in [5.74, 6) is 0. The largest absolute Gasteiger partial charge is 0.382 e. The van der Waals surface area contributed by atoms with Crippen LogP contribution < -0.4 is 15.4 Å². The quantitative estimate of drug-likeness (QED) is 0.751. The second-order valence-electron chi connectivity index (χ2n) is 5.44. The zero-order chi connectivity index (χ0) is 15.1. The van der Waals surface area contributed by atoms with Gasteiger partial charge in [0, 0.05) is 18.3 Å². The molecule has 1 heterocycles. The molecule has 0 saturated carbocycles. The SMILES string of the molecule is CCCNS(=O)(=O)c1ccc(NC2CCCNCC2)cc1. The van der Waals surface area contributed by atoms with Gasteiger partial charge in [0.15, 0.2) is 0 Å². The summed E-state index contributed by atoms with van der Waals surface area (Å²) >= 11 is 0. The van der Waals surface area contributed by atoms with Crippen LogP contribution in [0.1, 0.15) is 32.6 Å². The predicted octanol–water partition coefficient (Wildman–Crippen LogP) is 1.93. The van der Waals surface area contributed by atoms with Crippen molar-refractivity contribution in [3.05, 3.63) is 24.3 Å². The highest BCUT2D eigenvalue weighted by Gasteiger charge is 2.14. The Labute approximate surface area is 127 Å². The van der Waals surface area contributed by atoms with Crippen LogP contribution in [0.2, 0.25) is 0 Å². The molecular weight excluding hydrogens is 286 g/mol. The molecule has 6 heteroatoms. The third-order valence-corrected chi connectivity index (χ3v) is 5.13. The Kier molecular flexibility index (Phi) is 6.02. The van der Waals surface area contributed by atoms with Crippen LogP contribution in [0.15, 0.2) is 29.2 Å². The second-order valence-corrected chi connectivity index (χ2v) is 7.21. The predicted molar refractivity (Wildman–Crippen MR) is 86.1 cm³/mol. The Morgan fingerprint density at radius 1 is 1.19 bits per heavy atom. The number of hydrogen-bond donors (Lipinski definition) is 3. The molecule has 1 aliphatic rings. The number of nitrogens with one attached hydrogen (secondary N) is 3. The molecule has 2 rings (SSSR count). The summed E-state index contributed by atoms with van der Waals surface area (Å²) in [6, 6.07) is 7.48. The first-order valence-corrected chi connectivity index (χ1v) is 9.17. The van der Waals surface area contributed by atoms with E-state index in [-0.39, 0.29) is 0 Å². The van der Waals surface area contributed by atoms with Crippen molar-refractivity contribution in [3.63, 3.8) is 0 Å². The summed E-state index contributed by atoms with van der Waals surface area (Å²) in [6.07, 6.45) is 4.20. The normalized spacial score (nSPS) is 20.0. The van der Waals surface area contributed by atoms with Crippen LogP contribution in [-0.4, -0.2) is 34.1 Å². The number of benzene rings is 1. The zero-order valence-electron chi connectivity index (χ0n) is 12.6. The van der Waals surface area contributed by atoms with E-state index < -0.39 is 10.0 Å². The molecule has 0 bridgehead atoms. The molecule has 1 atom stereocenters. The minimum atomic E-state index is -3.37. The lowest BCUT2D eigenvalue weighted by Crippen LogP contribution is -2.24. The van der Waals surface area contributed by atoms with Crippen LogP contribution in [0.3, 0.4) is 0 Å². The molecule has 0 amide bonds. The molecule has 118 valence electrons. The van der Waals surface area contributed by atoms with Gasteiger partial charge in [-0.25, -0.2) is 13.1 Å². The van der Waals surface area contributed by atoms with Crippen LogP contribution >= 0.6 is 0 Å². The molecule has 21 heavy (non-hydrogen) atoms. The Bertz CT molecular complexity index is 520. The lowest BCUT2D eigenvalue weighted by Gasteiger charge is -2.17. The summed E-state index contributed by atoms with van der Waals surface area (Å²) in [5, 5.41) is 6.87. The fourth-order valence-electron chi connectivity index (χ4n) is 2.45. The first kappa shape index (κ1) is 16.3. The molecule has 1 saturated heterocycles. The maximum absolute atomic E-state index is 12.0. The van der Waals surface area contributed by atoms with E-state index in [0.717, 1.165) is 38.0 Å². The summed E-state index contributed by atoms with van der Waals surface area (Å²) < 4.78 is 26.6. The van der Waals surface area contributed by atoms with Gasteiger partial charge in [-0.05, 0) is 63.0 Å². The molecule has 0 aliphatic carbocycles. The highest BCUT2D eigenvalue weighted by atomic mass is 32.2. The number of sulfonamides is 1. The van der Waals surface area contributed by atoms with E-state index in [1.165, 1.54) is 6.42 Å². The van der Waals surface area contributed by atoms with Crippen LogP contribution in [0, 0.1) is 0 Å². The Hall–Kier alpha value is -1.11. The highest BCUT2D eigenvalue weighted by molar-refractivity contribution is 7.89. The monoisotopic (exact) mass is 311 g/mol. The smallest absolute Gasteiger partial charge is 0.240 e.